The highest BCUT2D eigenvalue weighted by Crippen LogP contribution is 2.43. The number of amides is 1. The van der Waals surface area contributed by atoms with Gasteiger partial charge in [-0.05, 0) is 24.0 Å². The predicted molar refractivity (Wildman–Crippen MR) is 106 cm³/mol. The van der Waals surface area contributed by atoms with Crippen LogP contribution in [-0.4, -0.2) is 56.0 Å². The van der Waals surface area contributed by atoms with Crippen molar-refractivity contribution in [3.8, 4) is 0 Å². The number of anilines is 1. The number of hydrogen-bond donors (Lipinski definition) is 0. The SMILES string of the molecule is CCc1cccc(CC)c1N1C(=NC(=O)COC)SC2CS(=O)(=O)CC21. The first kappa shape index (κ1) is 19.4. The number of aliphatic imine (C=N–C) groups is 1. The first-order valence-electron chi connectivity index (χ1n) is 8.77. The number of fused-ring (bicyclic) bond motifs is 1. The van der Waals surface area contributed by atoms with Crippen LogP contribution in [0.2, 0.25) is 0 Å². The lowest BCUT2D eigenvalue weighted by molar-refractivity contribution is -0.121. The molecule has 2 atom stereocenters. The number of rotatable bonds is 5. The molecule has 0 radical (unpaired) electrons. The average Bonchev–Trinajstić information content (AvgIpc) is 3.05. The normalized spacial score (nSPS) is 25.7. The van der Waals surface area contributed by atoms with Gasteiger partial charge in [-0.1, -0.05) is 43.8 Å². The van der Waals surface area contributed by atoms with Crippen LogP contribution in [0.5, 0.6) is 0 Å². The van der Waals surface area contributed by atoms with E-state index in [1.54, 1.807) is 0 Å². The topological polar surface area (TPSA) is 76.0 Å². The third kappa shape index (κ3) is 3.68. The van der Waals surface area contributed by atoms with Crippen molar-refractivity contribution in [1.82, 2.24) is 0 Å². The van der Waals surface area contributed by atoms with Crippen LogP contribution in [0.15, 0.2) is 23.2 Å². The lowest BCUT2D eigenvalue weighted by Crippen LogP contribution is -2.39. The predicted octanol–water partition coefficient (Wildman–Crippen LogP) is 2.06. The van der Waals surface area contributed by atoms with E-state index in [9.17, 15) is 13.2 Å². The quantitative estimate of drug-likeness (QED) is 0.758. The summed E-state index contributed by atoms with van der Waals surface area (Å²) in [7, 11) is -1.62. The van der Waals surface area contributed by atoms with Gasteiger partial charge in [-0.15, -0.1) is 0 Å². The van der Waals surface area contributed by atoms with Crippen molar-refractivity contribution in [2.75, 3.05) is 30.1 Å². The summed E-state index contributed by atoms with van der Waals surface area (Å²) < 4.78 is 29.3. The van der Waals surface area contributed by atoms with Crippen LogP contribution in [0.3, 0.4) is 0 Å². The molecular formula is C18H24N2O4S2. The fourth-order valence-electron chi connectivity index (χ4n) is 3.61. The molecular weight excluding hydrogens is 372 g/mol. The number of carbonyl (C=O) groups is 1. The molecule has 2 aliphatic rings. The Kier molecular flexibility index (Phi) is 5.74. The second-order valence-electron chi connectivity index (χ2n) is 6.52. The lowest BCUT2D eigenvalue weighted by Gasteiger charge is -2.29. The number of thioether (sulfide) groups is 1. The highest BCUT2D eigenvalue weighted by Gasteiger charge is 2.50. The minimum atomic E-state index is -3.07. The van der Waals surface area contributed by atoms with Gasteiger partial charge in [0.25, 0.3) is 5.91 Å². The number of amidine groups is 1. The number of methoxy groups -OCH3 is 1. The highest BCUT2D eigenvalue weighted by atomic mass is 32.2. The van der Waals surface area contributed by atoms with E-state index in [0.29, 0.717) is 5.17 Å². The molecule has 2 saturated heterocycles. The molecule has 0 aliphatic carbocycles. The molecule has 6 nitrogen and oxygen atoms in total. The van der Waals surface area contributed by atoms with Crippen LogP contribution in [-0.2, 0) is 32.2 Å². The van der Waals surface area contributed by atoms with Crippen LogP contribution >= 0.6 is 11.8 Å². The zero-order valence-electron chi connectivity index (χ0n) is 15.3. The van der Waals surface area contributed by atoms with Gasteiger partial charge in [-0.3, -0.25) is 4.79 Å². The van der Waals surface area contributed by atoms with E-state index in [4.69, 9.17) is 4.74 Å². The van der Waals surface area contributed by atoms with E-state index < -0.39 is 9.84 Å². The Bertz CT molecular complexity index is 813. The fourth-order valence-corrected chi connectivity index (χ4v) is 7.53. The maximum atomic E-state index is 12.2. The third-order valence-corrected chi connectivity index (χ3v) is 7.97. The van der Waals surface area contributed by atoms with E-state index in [-0.39, 0.29) is 35.3 Å². The second-order valence-corrected chi connectivity index (χ2v) is 9.88. The minimum absolute atomic E-state index is 0.0818. The number of carbonyl (C=O) groups excluding carboxylic acids is 1. The van der Waals surface area contributed by atoms with Gasteiger partial charge in [-0.2, -0.15) is 4.99 Å². The summed E-state index contributed by atoms with van der Waals surface area (Å²) in [6.45, 7) is 4.08. The third-order valence-electron chi connectivity index (χ3n) is 4.76. The van der Waals surface area contributed by atoms with Crippen LogP contribution in [0.4, 0.5) is 5.69 Å². The molecule has 3 rings (SSSR count). The molecule has 1 aromatic rings. The van der Waals surface area contributed by atoms with Crippen LogP contribution < -0.4 is 4.90 Å². The maximum absolute atomic E-state index is 12.2. The molecule has 0 spiro atoms. The lowest BCUT2D eigenvalue weighted by atomic mass is 10.0. The number of aryl methyl sites for hydroxylation is 2. The molecule has 26 heavy (non-hydrogen) atoms. The van der Waals surface area contributed by atoms with Gasteiger partial charge in [0.05, 0.1) is 17.5 Å². The monoisotopic (exact) mass is 396 g/mol. The molecule has 1 aromatic carbocycles. The van der Waals surface area contributed by atoms with Crippen molar-refractivity contribution in [2.24, 2.45) is 4.99 Å². The van der Waals surface area contributed by atoms with E-state index in [1.165, 1.54) is 18.9 Å². The van der Waals surface area contributed by atoms with Gasteiger partial charge in [-0.25, -0.2) is 8.42 Å². The van der Waals surface area contributed by atoms with Gasteiger partial charge < -0.3 is 9.64 Å². The van der Waals surface area contributed by atoms with Crippen LogP contribution in [0.25, 0.3) is 0 Å². The summed E-state index contributed by atoms with van der Waals surface area (Å²) in [5, 5.41) is 0.497. The van der Waals surface area contributed by atoms with Crippen molar-refractivity contribution < 1.29 is 17.9 Å². The number of nitrogens with zero attached hydrogens (tertiary/aromatic N) is 2. The number of benzene rings is 1. The van der Waals surface area contributed by atoms with Gasteiger partial charge in [0.1, 0.15) is 6.61 Å². The van der Waals surface area contributed by atoms with E-state index in [2.05, 4.69) is 31.0 Å². The van der Waals surface area contributed by atoms with Crippen molar-refractivity contribution in [2.45, 2.75) is 38.0 Å². The van der Waals surface area contributed by atoms with Crippen LogP contribution in [0.1, 0.15) is 25.0 Å². The van der Waals surface area contributed by atoms with Gasteiger partial charge in [0, 0.05) is 18.0 Å². The molecule has 2 unspecified atom stereocenters. The largest absolute Gasteiger partial charge is 0.375 e. The van der Waals surface area contributed by atoms with Crippen molar-refractivity contribution in [3.05, 3.63) is 29.3 Å². The molecule has 0 N–H and O–H groups in total. The molecule has 0 aromatic heterocycles. The number of ether oxygens (including phenoxy) is 1. The standard InChI is InChI=1S/C18H24N2O4S2/c1-4-12-7-6-8-13(5-2)17(12)20-14-10-26(22,23)11-15(14)25-18(20)19-16(21)9-24-3/h6-8,14-15H,4-5,9-11H2,1-3H3. The molecule has 2 fully saturated rings. The first-order valence-corrected chi connectivity index (χ1v) is 11.5. The summed E-state index contributed by atoms with van der Waals surface area (Å²) in [4.78, 5) is 18.3. The average molecular weight is 397 g/mol. The Balaban J connectivity index is 2.11. The van der Waals surface area contributed by atoms with Crippen LogP contribution in [0, 0.1) is 0 Å². The maximum Gasteiger partial charge on any atom is 0.274 e. The van der Waals surface area contributed by atoms with Crippen molar-refractivity contribution in [1.29, 1.82) is 0 Å². The molecule has 2 heterocycles. The molecule has 142 valence electrons. The summed E-state index contributed by atoms with van der Waals surface area (Å²) >= 11 is 1.40. The number of para-hydroxylation sites is 1. The first-order chi connectivity index (χ1) is 12.4. The Morgan fingerprint density at radius 1 is 1.27 bits per heavy atom. The number of hydrogen-bond acceptors (Lipinski definition) is 5. The zero-order valence-corrected chi connectivity index (χ0v) is 16.9. The Hall–Kier alpha value is -1.38. The summed E-state index contributed by atoms with van der Waals surface area (Å²) in [6.07, 6.45) is 1.65. The van der Waals surface area contributed by atoms with Gasteiger partial charge >= 0.3 is 0 Å². The second kappa shape index (κ2) is 7.70. The Labute approximate surface area is 158 Å². The minimum Gasteiger partial charge on any atom is -0.375 e. The fraction of sp³-hybridized carbons (Fsp3) is 0.556. The van der Waals surface area contributed by atoms with E-state index in [1.807, 2.05) is 11.0 Å². The van der Waals surface area contributed by atoms with Gasteiger partial charge in [0.15, 0.2) is 15.0 Å². The molecule has 2 aliphatic heterocycles. The van der Waals surface area contributed by atoms with Crippen molar-refractivity contribution in [3.63, 3.8) is 0 Å². The molecule has 0 saturated carbocycles. The summed E-state index contributed by atoms with van der Waals surface area (Å²) in [6, 6.07) is 5.96. The highest BCUT2D eigenvalue weighted by molar-refractivity contribution is 8.16. The molecule has 8 heteroatoms. The summed E-state index contributed by atoms with van der Waals surface area (Å²) in [5.41, 5.74) is 3.29. The van der Waals surface area contributed by atoms with E-state index in [0.717, 1.165) is 29.7 Å². The molecule has 1 amide bonds. The van der Waals surface area contributed by atoms with Crippen molar-refractivity contribution >= 4 is 38.4 Å². The summed E-state index contributed by atoms with van der Waals surface area (Å²) in [5.74, 6) is -0.120. The molecule has 0 bridgehead atoms. The number of sulfone groups is 1. The Morgan fingerprint density at radius 3 is 2.50 bits per heavy atom. The zero-order chi connectivity index (χ0) is 18.9. The smallest absolute Gasteiger partial charge is 0.274 e. The van der Waals surface area contributed by atoms with Gasteiger partial charge in [0.2, 0.25) is 0 Å². The van der Waals surface area contributed by atoms with E-state index >= 15 is 0 Å². The Morgan fingerprint density at radius 2 is 1.92 bits per heavy atom.